The molecule has 0 fully saturated rings. The molecule has 1 amide bonds. The predicted octanol–water partition coefficient (Wildman–Crippen LogP) is 2.78. The molecule has 0 aliphatic rings. The molecule has 0 aliphatic carbocycles. The molecule has 6 nitrogen and oxygen atoms in total. The third-order valence-corrected chi connectivity index (χ3v) is 4.46. The Bertz CT molecular complexity index is 979. The summed E-state index contributed by atoms with van der Waals surface area (Å²) in [5.74, 6) is 0.113. The van der Waals surface area contributed by atoms with E-state index in [1.807, 2.05) is 29.6 Å². The maximum Gasteiger partial charge on any atom is 0.287 e. The summed E-state index contributed by atoms with van der Waals surface area (Å²) in [6.45, 7) is 0.485. The fourth-order valence-electron chi connectivity index (χ4n) is 2.47. The number of imidazole rings is 1. The maximum absolute atomic E-state index is 12.6. The summed E-state index contributed by atoms with van der Waals surface area (Å²) in [5, 5.41) is 4.90. The summed E-state index contributed by atoms with van der Waals surface area (Å²) in [4.78, 5) is 26.5. The third kappa shape index (κ3) is 2.65. The van der Waals surface area contributed by atoms with Gasteiger partial charge in [0, 0.05) is 35.2 Å². The standard InChI is InChI=1S/C17H13N5OS/c23-17(20-10-13-4-2-8-24-13)16-21-15(12-3-1-5-18-9-12)14-11-19-6-7-22(14)16/h1-9,11H,10H2,(H,20,23). The number of aromatic nitrogens is 4. The van der Waals surface area contributed by atoms with Crippen molar-refractivity contribution < 1.29 is 4.79 Å². The van der Waals surface area contributed by atoms with E-state index in [4.69, 9.17) is 0 Å². The van der Waals surface area contributed by atoms with Gasteiger partial charge in [0.15, 0.2) is 0 Å². The Morgan fingerprint density at radius 3 is 2.88 bits per heavy atom. The maximum atomic E-state index is 12.6. The van der Waals surface area contributed by atoms with Gasteiger partial charge < -0.3 is 5.32 Å². The topological polar surface area (TPSA) is 72.2 Å². The number of hydrogen-bond acceptors (Lipinski definition) is 5. The van der Waals surface area contributed by atoms with Gasteiger partial charge in [0.2, 0.25) is 5.82 Å². The van der Waals surface area contributed by atoms with Gasteiger partial charge in [-0.05, 0) is 23.6 Å². The van der Waals surface area contributed by atoms with Crippen molar-refractivity contribution in [1.82, 2.24) is 24.7 Å². The second kappa shape index (κ2) is 6.21. The summed E-state index contributed by atoms with van der Waals surface area (Å²) >= 11 is 1.61. The van der Waals surface area contributed by atoms with E-state index in [1.54, 1.807) is 46.7 Å². The van der Waals surface area contributed by atoms with E-state index in [9.17, 15) is 4.79 Å². The second-order valence-corrected chi connectivity index (χ2v) is 6.15. The van der Waals surface area contributed by atoms with Gasteiger partial charge in [-0.15, -0.1) is 11.3 Å². The van der Waals surface area contributed by atoms with E-state index in [0.717, 1.165) is 16.0 Å². The monoisotopic (exact) mass is 335 g/mol. The number of pyridine rings is 1. The average molecular weight is 335 g/mol. The molecule has 0 atom stereocenters. The molecule has 0 saturated heterocycles. The molecule has 0 spiro atoms. The third-order valence-electron chi connectivity index (χ3n) is 3.59. The molecule has 24 heavy (non-hydrogen) atoms. The van der Waals surface area contributed by atoms with Crippen LogP contribution in [-0.2, 0) is 6.54 Å². The smallest absolute Gasteiger partial charge is 0.287 e. The van der Waals surface area contributed by atoms with Crippen LogP contribution >= 0.6 is 11.3 Å². The number of amides is 1. The first kappa shape index (κ1) is 14.5. The number of fused-ring (bicyclic) bond motifs is 1. The number of hydrogen-bond donors (Lipinski definition) is 1. The van der Waals surface area contributed by atoms with Crippen LogP contribution in [0.25, 0.3) is 16.8 Å². The lowest BCUT2D eigenvalue weighted by Crippen LogP contribution is -2.24. The largest absolute Gasteiger partial charge is 0.344 e. The molecular formula is C17H13N5OS. The minimum absolute atomic E-state index is 0.222. The van der Waals surface area contributed by atoms with Crippen molar-refractivity contribution in [2.75, 3.05) is 0 Å². The van der Waals surface area contributed by atoms with Crippen LogP contribution in [0.3, 0.4) is 0 Å². The lowest BCUT2D eigenvalue weighted by molar-refractivity contribution is 0.0940. The molecule has 0 aromatic carbocycles. The average Bonchev–Trinajstić information content (AvgIpc) is 3.28. The van der Waals surface area contributed by atoms with E-state index in [-0.39, 0.29) is 5.91 Å². The SMILES string of the molecule is O=C(NCc1cccs1)c1nc(-c2cccnc2)c2cnccn12. The van der Waals surface area contributed by atoms with Gasteiger partial charge in [0.05, 0.1) is 18.3 Å². The number of carbonyl (C=O) groups is 1. The van der Waals surface area contributed by atoms with E-state index in [2.05, 4.69) is 20.3 Å². The van der Waals surface area contributed by atoms with Gasteiger partial charge in [-0.25, -0.2) is 4.98 Å². The zero-order valence-corrected chi connectivity index (χ0v) is 13.4. The van der Waals surface area contributed by atoms with E-state index in [0.29, 0.717) is 18.1 Å². The molecule has 0 bridgehead atoms. The van der Waals surface area contributed by atoms with Crippen molar-refractivity contribution in [2.24, 2.45) is 0 Å². The molecular weight excluding hydrogens is 322 g/mol. The number of carbonyl (C=O) groups excluding carboxylic acids is 1. The Balaban J connectivity index is 1.72. The Labute approximate surface area is 141 Å². The molecule has 0 unspecified atom stereocenters. The van der Waals surface area contributed by atoms with Gasteiger partial charge in [0.25, 0.3) is 5.91 Å². The van der Waals surface area contributed by atoms with Crippen molar-refractivity contribution in [3.63, 3.8) is 0 Å². The lowest BCUT2D eigenvalue weighted by atomic mass is 10.2. The Kier molecular flexibility index (Phi) is 3.76. The highest BCUT2D eigenvalue weighted by Gasteiger charge is 2.18. The fraction of sp³-hybridized carbons (Fsp3) is 0.0588. The molecule has 4 heterocycles. The van der Waals surface area contributed by atoms with E-state index >= 15 is 0 Å². The van der Waals surface area contributed by atoms with Crippen molar-refractivity contribution in [2.45, 2.75) is 6.54 Å². The van der Waals surface area contributed by atoms with Crippen LogP contribution in [-0.4, -0.2) is 25.3 Å². The first-order chi connectivity index (χ1) is 11.8. The molecule has 4 aromatic heterocycles. The van der Waals surface area contributed by atoms with Crippen LogP contribution in [0.4, 0.5) is 0 Å². The van der Waals surface area contributed by atoms with Gasteiger partial charge in [-0.1, -0.05) is 6.07 Å². The summed E-state index contributed by atoms with van der Waals surface area (Å²) < 4.78 is 1.75. The molecule has 4 aromatic rings. The molecule has 118 valence electrons. The number of rotatable bonds is 4. The van der Waals surface area contributed by atoms with Crippen LogP contribution in [0.2, 0.25) is 0 Å². The Morgan fingerprint density at radius 1 is 1.17 bits per heavy atom. The van der Waals surface area contributed by atoms with Crippen LogP contribution in [0.5, 0.6) is 0 Å². The molecule has 0 saturated carbocycles. The normalized spacial score (nSPS) is 10.8. The van der Waals surface area contributed by atoms with Crippen LogP contribution in [0.15, 0.2) is 60.6 Å². The van der Waals surface area contributed by atoms with Gasteiger partial charge >= 0.3 is 0 Å². The van der Waals surface area contributed by atoms with Gasteiger partial charge in [-0.3, -0.25) is 19.2 Å². The highest BCUT2D eigenvalue weighted by molar-refractivity contribution is 7.09. The van der Waals surface area contributed by atoms with Crippen LogP contribution in [0, 0.1) is 0 Å². The fourth-order valence-corrected chi connectivity index (χ4v) is 3.12. The van der Waals surface area contributed by atoms with Crippen molar-refractivity contribution in [3.8, 4) is 11.3 Å². The number of nitrogens with one attached hydrogen (secondary N) is 1. The lowest BCUT2D eigenvalue weighted by Gasteiger charge is -2.02. The second-order valence-electron chi connectivity index (χ2n) is 5.12. The Hall–Kier alpha value is -3.06. The minimum Gasteiger partial charge on any atom is -0.344 e. The van der Waals surface area contributed by atoms with Crippen LogP contribution < -0.4 is 5.32 Å². The first-order valence-electron chi connectivity index (χ1n) is 7.36. The van der Waals surface area contributed by atoms with Gasteiger partial charge in [0.1, 0.15) is 5.69 Å². The first-order valence-corrected chi connectivity index (χ1v) is 8.24. The number of thiophene rings is 1. The van der Waals surface area contributed by atoms with Gasteiger partial charge in [-0.2, -0.15) is 0 Å². The van der Waals surface area contributed by atoms with Crippen molar-refractivity contribution in [3.05, 3.63) is 71.3 Å². The minimum atomic E-state index is -0.222. The number of nitrogens with zero attached hydrogens (tertiary/aromatic N) is 4. The molecule has 0 radical (unpaired) electrons. The summed E-state index contributed by atoms with van der Waals surface area (Å²) in [7, 11) is 0. The molecule has 1 N–H and O–H groups in total. The zero-order chi connectivity index (χ0) is 16.4. The predicted molar refractivity (Wildman–Crippen MR) is 91.7 cm³/mol. The molecule has 0 aliphatic heterocycles. The summed E-state index contributed by atoms with van der Waals surface area (Å²) in [6, 6.07) is 7.70. The summed E-state index contributed by atoms with van der Waals surface area (Å²) in [5.41, 5.74) is 2.31. The van der Waals surface area contributed by atoms with E-state index in [1.165, 1.54) is 0 Å². The van der Waals surface area contributed by atoms with E-state index < -0.39 is 0 Å². The quantitative estimate of drug-likeness (QED) is 0.622. The van der Waals surface area contributed by atoms with Crippen molar-refractivity contribution in [1.29, 1.82) is 0 Å². The molecule has 7 heteroatoms. The van der Waals surface area contributed by atoms with Crippen LogP contribution in [0.1, 0.15) is 15.5 Å². The highest BCUT2D eigenvalue weighted by atomic mass is 32.1. The Morgan fingerprint density at radius 2 is 2.08 bits per heavy atom. The highest BCUT2D eigenvalue weighted by Crippen LogP contribution is 2.23. The summed E-state index contributed by atoms with van der Waals surface area (Å²) in [6.07, 6.45) is 8.50. The van der Waals surface area contributed by atoms with Crippen molar-refractivity contribution >= 4 is 22.8 Å². The zero-order valence-electron chi connectivity index (χ0n) is 12.6. The molecule has 4 rings (SSSR count).